The van der Waals surface area contributed by atoms with Gasteiger partial charge in [0.1, 0.15) is 0 Å². The van der Waals surface area contributed by atoms with Crippen molar-refractivity contribution in [3.63, 3.8) is 0 Å². The second kappa shape index (κ2) is 16.8. The number of hydrogen-bond donors (Lipinski definition) is 2. The summed E-state index contributed by atoms with van der Waals surface area (Å²) in [5.74, 6) is 0. The van der Waals surface area contributed by atoms with Crippen LogP contribution in [-0.4, -0.2) is 25.4 Å². The van der Waals surface area contributed by atoms with Gasteiger partial charge in [0.2, 0.25) is 0 Å². The van der Waals surface area contributed by atoms with Crippen LogP contribution in [-0.2, 0) is 0 Å². The summed E-state index contributed by atoms with van der Waals surface area (Å²) in [5.41, 5.74) is 4.30. The Morgan fingerprint density at radius 1 is 0.676 bits per heavy atom. The van der Waals surface area contributed by atoms with Crippen LogP contribution in [0.5, 0.6) is 0 Å². The third-order valence-electron chi connectivity index (χ3n) is 8.60. The summed E-state index contributed by atoms with van der Waals surface area (Å²) in [7, 11) is 0. The van der Waals surface area contributed by atoms with Crippen LogP contribution in [0, 0.1) is 0 Å². The first-order chi connectivity index (χ1) is 18.2. The Balaban J connectivity index is 1.86. The maximum absolute atomic E-state index is 3.98. The zero-order chi connectivity index (χ0) is 26.3. The van der Waals surface area contributed by atoms with Crippen molar-refractivity contribution in [3.8, 4) is 0 Å². The monoisotopic (exact) mass is 610 g/mol. The molecule has 1 aliphatic rings. The predicted octanol–water partition coefficient (Wildman–Crippen LogP) is 11.2. The van der Waals surface area contributed by atoms with E-state index >= 15 is 0 Å². The summed E-state index contributed by atoms with van der Waals surface area (Å²) in [6.07, 6.45) is 20.6. The predicted molar refractivity (Wildman–Crippen MR) is 173 cm³/mol. The molecule has 2 N–H and O–H groups in total. The van der Waals surface area contributed by atoms with Crippen molar-refractivity contribution in [2.24, 2.45) is 0 Å². The molecule has 0 atom stereocenters. The Morgan fingerprint density at radius 3 is 1.73 bits per heavy atom. The SMILES string of the molecule is CCCCCCCC/C=C(/[CH2][Sn]([CH2]CCC)([CH2]CCC)[CH2]CCC)B1Nc2cccc3cccc(c23)N1. The van der Waals surface area contributed by atoms with Crippen molar-refractivity contribution < 1.29 is 0 Å². The van der Waals surface area contributed by atoms with Crippen LogP contribution in [0.15, 0.2) is 47.9 Å². The molecule has 0 fully saturated rings. The van der Waals surface area contributed by atoms with Gasteiger partial charge < -0.3 is 0 Å². The quantitative estimate of drug-likeness (QED) is 0.122. The van der Waals surface area contributed by atoms with Crippen molar-refractivity contribution >= 4 is 47.5 Å². The first kappa shape index (κ1) is 30.4. The molecule has 0 radical (unpaired) electrons. The minimum absolute atomic E-state index is 0.238. The van der Waals surface area contributed by atoms with Gasteiger partial charge in [0.25, 0.3) is 0 Å². The van der Waals surface area contributed by atoms with Crippen molar-refractivity contribution in [2.75, 3.05) is 10.5 Å². The van der Waals surface area contributed by atoms with Gasteiger partial charge in [0.15, 0.2) is 0 Å². The number of unbranched alkanes of at least 4 members (excludes halogenated alkanes) is 9. The van der Waals surface area contributed by atoms with E-state index in [-0.39, 0.29) is 6.98 Å². The second-order valence-corrected chi connectivity index (χ2v) is 25.6. The van der Waals surface area contributed by atoms with E-state index in [4.69, 9.17) is 0 Å². The number of rotatable bonds is 19. The topological polar surface area (TPSA) is 24.1 Å². The molecule has 0 saturated heterocycles. The third kappa shape index (κ3) is 9.25. The van der Waals surface area contributed by atoms with E-state index < -0.39 is 18.4 Å². The van der Waals surface area contributed by atoms with Gasteiger partial charge in [-0.25, -0.2) is 0 Å². The number of nitrogens with one attached hydrogen (secondary N) is 2. The van der Waals surface area contributed by atoms with Crippen molar-refractivity contribution in [3.05, 3.63) is 47.9 Å². The van der Waals surface area contributed by atoms with Crippen LogP contribution in [0.2, 0.25) is 17.7 Å². The average molecular weight is 609 g/mol. The molecule has 0 aliphatic carbocycles. The maximum atomic E-state index is 3.98. The number of anilines is 2. The number of benzene rings is 2. The molecule has 0 saturated carbocycles. The first-order valence-corrected chi connectivity index (χ1v) is 24.0. The standard InChI is InChI=1S/C21H28BN2.3C4H9.Sn/c1-3-4-5-6-7-8-9-12-17(2)22-23-19-15-10-13-18-14-11-16-20(24-22)21(18)19;3*1-3-4-2;/h10-16,23-24H,2-9H2,1H3;3*1,3-4H2,2H3;/b17-12-;;;;. The van der Waals surface area contributed by atoms with E-state index in [1.165, 1.54) is 110 Å². The second-order valence-electron chi connectivity index (χ2n) is 11.8. The average Bonchev–Trinajstić information content (AvgIpc) is 2.92. The van der Waals surface area contributed by atoms with Gasteiger partial charge in [-0.1, -0.05) is 0 Å². The molecule has 1 aliphatic heterocycles. The molecule has 0 amide bonds. The fourth-order valence-electron chi connectivity index (χ4n) is 6.35. The van der Waals surface area contributed by atoms with Crippen LogP contribution in [0.3, 0.4) is 0 Å². The Hall–Kier alpha value is -1.10. The van der Waals surface area contributed by atoms with Crippen LogP contribution < -0.4 is 10.5 Å². The minimum atomic E-state index is -2.33. The summed E-state index contributed by atoms with van der Waals surface area (Å²) in [6, 6.07) is 13.5. The van der Waals surface area contributed by atoms with Crippen LogP contribution in [0.1, 0.15) is 111 Å². The molecule has 2 nitrogen and oxygen atoms in total. The van der Waals surface area contributed by atoms with Gasteiger partial charge in [0, 0.05) is 0 Å². The van der Waals surface area contributed by atoms with Crippen molar-refractivity contribution in [1.29, 1.82) is 0 Å². The molecule has 204 valence electrons. The summed E-state index contributed by atoms with van der Waals surface area (Å²) in [6.45, 7) is 9.74. The van der Waals surface area contributed by atoms with Gasteiger partial charge in [-0.15, -0.1) is 0 Å². The molecule has 1 heterocycles. The van der Waals surface area contributed by atoms with E-state index in [2.05, 4.69) is 80.6 Å². The molecule has 4 heteroatoms. The third-order valence-corrected chi connectivity index (χ3v) is 24.0. The molecule has 2 aromatic rings. The zero-order valence-corrected chi connectivity index (χ0v) is 27.5. The van der Waals surface area contributed by atoms with Gasteiger partial charge in [0.05, 0.1) is 0 Å². The Labute approximate surface area is 233 Å². The fraction of sp³-hybridized carbons (Fsp3) is 0.636. The molecule has 0 bridgehead atoms. The fourth-order valence-corrected chi connectivity index (χ4v) is 22.9. The van der Waals surface area contributed by atoms with Crippen molar-refractivity contribution in [1.82, 2.24) is 0 Å². The molecule has 0 unspecified atom stereocenters. The molecule has 2 aromatic carbocycles. The molecule has 37 heavy (non-hydrogen) atoms. The molecule has 0 aromatic heterocycles. The van der Waals surface area contributed by atoms with E-state index in [1.54, 1.807) is 18.8 Å². The molecule has 0 spiro atoms. The summed E-state index contributed by atoms with van der Waals surface area (Å²) in [4.78, 5) is 0. The molecule has 3 rings (SSSR count). The van der Waals surface area contributed by atoms with E-state index in [0.29, 0.717) is 0 Å². The summed E-state index contributed by atoms with van der Waals surface area (Å²) < 4.78 is 6.18. The van der Waals surface area contributed by atoms with Gasteiger partial charge in [-0.05, 0) is 0 Å². The number of allylic oxidation sites excluding steroid dienone is 2. The normalized spacial score (nSPS) is 13.6. The van der Waals surface area contributed by atoms with Gasteiger partial charge >= 0.3 is 235 Å². The van der Waals surface area contributed by atoms with Crippen LogP contribution in [0.25, 0.3) is 10.8 Å². The molecular formula is C33H55BN2Sn. The number of hydrogen-bond acceptors (Lipinski definition) is 2. The Bertz CT molecular complexity index is 894. The Morgan fingerprint density at radius 2 is 1.19 bits per heavy atom. The van der Waals surface area contributed by atoms with E-state index in [0.717, 1.165) is 0 Å². The van der Waals surface area contributed by atoms with Crippen LogP contribution >= 0.6 is 0 Å². The van der Waals surface area contributed by atoms with E-state index in [9.17, 15) is 0 Å². The van der Waals surface area contributed by atoms with Crippen molar-refractivity contribution in [2.45, 2.75) is 129 Å². The Kier molecular flexibility index (Phi) is 13.8. The van der Waals surface area contributed by atoms with E-state index in [1.807, 2.05) is 0 Å². The zero-order valence-electron chi connectivity index (χ0n) is 24.6. The first-order valence-electron chi connectivity index (χ1n) is 15.9. The molecular weight excluding hydrogens is 554 g/mol. The van der Waals surface area contributed by atoms with Gasteiger partial charge in [-0.3, -0.25) is 0 Å². The summed E-state index contributed by atoms with van der Waals surface area (Å²) in [5, 5.41) is 10.6. The van der Waals surface area contributed by atoms with Gasteiger partial charge in [-0.2, -0.15) is 0 Å². The summed E-state index contributed by atoms with van der Waals surface area (Å²) >= 11 is -2.33. The van der Waals surface area contributed by atoms with Crippen LogP contribution in [0.4, 0.5) is 11.4 Å².